The van der Waals surface area contributed by atoms with Crippen LogP contribution in [0.1, 0.15) is 68.4 Å². The van der Waals surface area contributed by atoms with Crippen molar-refractivity contribution in [1.82, 2.24) is 4.90 Å². The van der Waals surface area contributed by atoms with Crippen LogP contribution < -0.4 is 18.9 Å². The maximum Gasteiger partial charge on any atom is 0.410 e. The maximum absolute atomic E-state index is 14.5. The number of benzene rings is 2. The number of nitrogens with zero attached hydrogens (tertiary/aromatic N) is 2. The SMILES string of the molecule is C=CCCOC(=O)N(Cc1ccc2c(c1)OCO2)[C@H]1CC(=NOC)C2=C[C@H](CCCCO)[C@@H](CCCCO)[C@@H]3c4cc(OCC=C)ccc4O[C@@]1(OCC=C)[C@H]23. The molecule has 0 radical (unpaired) electrons. The summed E-state index contributed by atoms with van der Waals surface area (Å²) in [7, 11) is 1.53. The number of allylic oxidation sites excluding steroid dienone is 1. The number of carbonyl (C=O) groups excluding carboxylic acids is 1. The number of aliphatic hydroxyl groups is 2. The lowest BCUT2D eigenvalue weighted by molar-refractivity contribution is -0.256. The second-order valence-corrected chi connectivity index (χ2v) is 14.6. The van der Waals surface area contributed by atoms with Gasteiger partial charge in [-0.3, -0.25) is 4.90 Å². The van der Waals surface area contributed by atoms with Gasteiger partial charge in [0.1, 0.15) is 31.3 Å². The lowest BCUT2D eigenvalue weighted by atomic mass is 9.55. The number of unbranched alkanes of at least 4 members (excludes halogenated alkanes) is 2. The smallest absolute Gasteiger partial charge is 0.410 e. The minimum Gasteiger partial charge on any atom is -0.490 e. The van der Waals surface area contributed by atoms with Crippen LogP contribution in [0.3, 0.4) is 0 Å². The highest BCUT2D eigenvalue weighted by molar-refractivity contribution is 6.03. The third-order valence-electron chi connectivity index (χ3n) is 11.2. The van der Waals surface area contributed by atoms with Crippen molar-refractivity contribution in [2.45, 2.75) is 75.7 Å². The van der Waals surface area contributed by atoms with Crippen molar-refractivity contribution in [3.05, 3.63) is 97.1 Å². The van der Waals surface area contributed by atoms with E-state index in [9.17, 15) is 15.0 Å². The molecule has 0 spiro atoms. The van der Waals surface area contributed by atoms with Gasteiger partial charge >= 0.3 is 6.09 Å². The fraction of sp³-hybridized carbons (Fsp3) is 0.500. The van der Waals surface area contributed by atoms with Crippen LogP contribution in [0.5, 0.6) is 23.0 Å². The monoisotopic (exact) mass is 772 g/mol. The quantitative estimate of drug-likeness (QED) is 0.0748. The topological polar surface area (TPSA) is 138 Å². The van der Waals surface area contributed by atoms with E-state index in [0.29, 0.717) is 54.6 Å². The first-order valence-electron chi connectivity index (χ1n) is 19.7. The highest BCUT2D eigenvalue weighted by atomic mass is 16.7. The fourth-order valence-corrected chi connectivity index (χ4v) is 8.85. The molecule has 2 aromatic carbocycles. The molecule has 0 unspecified atom stereocenters. The predicted octanol–water partition coefficient (Wildman–Crippen LogP) is 7.46. The van der Waals surface area contributed by atoms with Gasteiger partial charge in [-0.1, -0.05) is 54.9 Å². The first-order chi connectivity index (χ1) is 27.4. The van der Waals surface area contributed by atoms with Crippen molar-refractivity contribution >= 4 is 11.8 Å². The van der Waals surface area contributed by atoms with E-state index in [1.807, 2.05) is 30.3 Å². The normalized spacial score (nSPS) is 24.9. The molecule has 2 aliphatic heterocycles. The number of amides is 1. The minimum atomic E-state index is -1.44. The molecule has 2 N–H and O–H groups in total. The Labute approximate surface area is 330 Å². The highest BCUT2D eigenvalue weighted by Crippen LogP contribution is 2.62. The molecule has 2 heterocycles. The Morgan fingerprint density at radius 3 is 2.48 bits per heavy atom. The molecule has 0 bridgehead atoms. The number of aliphatic hydroxyl groups excluding tert-OH is 2. The van der Waals surface area contributed by atoms with Crippen LogP contribution >= 0.6 is 0 Å². The lowest BCUT2D eigenvalue weighted by Crippen LogP contribution is -2.70. The molecule has 2 aromatic rings. The Morgan fingerprint density at radius 2 is 1.73 bits per heavy atom. The third kappa shape index (κ3) is 8.62. The molecule has 1 fully saturated rings. The highest BCUT2D eigenvalue weighted by Gasteiger charge is 2.65. The first-order valence-corrected chi connectivity index (χ1v) is 19.7. The summed E-state index contributed by atoms with van der Waals surface area (Å²) in [5.41, 5.74) is 3.39. The molecule has 1 saturated carbocycles. The van der Waals surface area contributed by atoms with Crippen molar-refractivity contribution in [3.63, 3.8) is 0 Å². The average Bonchev–Trinajstić information content (AvgIpc) is 3.68. The zero-order chi connectivity index (χ0) is 39.5. The summed E-state index contributed by atoms with van der Waals surface area (Å²) >= 11 is 0. The van der Waals surface area contributed by atoms with E-state index < -0.39 is 23.8 Å². The first kappa shape index (κ1) is 40.9. The van der Waals surface area contributed by atoms with Crippen LogP contribution in [-0.4, -0.2) is 85.7 Å². The zero-order valence-corrected chi connectivity index (χ0v) is 32.4. The number of hydrogen-bond acceptors (Lipinski definition) is 11. The summed E-state index contributed by atoms with van der Waals surface area (Å²) in [4.78, 5) is 21.8. The van der Waals surface area contributed by atoms with Gasteiger partial charge in [0.2, 0.25) is 12.6 Å². The van der Waals surface area contributed by atoms with Crippen LogP contribution in [0.15, 0.2) is 91.2 Å². The van der Waals surface area contributed by atoms with Crippen molar-refractivity contribution in [3.8, 4) is 23.0 Å². The van der Waals surface area contributed by atoms with Crippen molar-refractivity contribution < 1.29 is 48.3 Å². The molecule has 56 heavy (non-hydrogen) atoms. The third-order valence-corrected chi connectivity index (χ3v) is 11.2. The average molecular weight is 773 g/mol. The van der Waals surface area contributed by atoms with Crippen LogP contribution in [0.25, 0.3) is 0 Å². The summed E-state index contributed by atoms with van der Waals surface area (Å²) in [6.07, 6.45) is 12.2. The zero-order valence-electron chi connectivity index (χ0n) is 32.4. The Bertz CT molecular complexity index is 1760. The van der Waals surface area contributed by atoms with Crippen molar-refractivity contribution in [1.29, 1.82) is 0 Å². The van der Waals surface area contributed by atoms with Gasteiger partial charge in [-0.15, -0.1) is 13.2 Å². The standard InChI is InChI=1S/C44H56N2O10/c1-5-8-23-52-43(49)46(28-30-15-17-38-39(24-30)54-29-53-38)40-27-36(45-50-4)34-25-31(13-9-11-19-47)33(14-10-12-20-48)41-35-26-32(51-21-6-2)16-18-37(35)56-44(40,42(34)41)55-22-7-3/h5-7,15-18,24-26,31,33,40-42,47-48H,1-3,8-14,19-23,27-29H2,4H3/t31-,33+,40-,41+,42+,44+/m0/s1. The summed E-state index contributed by atoms with van der Waals surface area (Å²) in [5, 5.41) is 24.3. The van der Waals surface area contributed by atoms with Crippen LogP contribution in [0.2, 0.25) is 0 Å². The summed E-state index contributed by atoms with van der Waals surface area (Å²) in [6, 6.07) is 10.7. The minimum absolute atomic E-state index is 0.0717. The molecular weight excluding hydrogens is 716 g/mol. The summed E-state index contributed by atoms with van der Waals surface area (Å²) < 4.78 is 37.6. The number of oxime groups is 1. The second-order valence-electron chi connectivity index (χ2n) is 14.6. The molecule has 12 nitrogen and oxygen atoms in total. The van der Waals surface area contributed by atoms with E-state index in [0.717, 1.165) is 42.4 Å². The molecule has 2 aliphatic carbocycles. The number of fused-ring (bicyclic) bond motifs is 3. The van der Waals surface area contributed by atoms with Gasteiger partial charge in [0, 0.05) is 37.7 Å². The van der Waals surface area contributed by atoms with E-state index >= 15 is 0 Å². The van der Waals surface area contributed by atoms with E-state index in [1.165, 1.54) is 7.11 Å². The van der Waals surface area contributed by atoms with Gasteiger partial charge in [0.25, 0.3) is 0 Å². The van der Waals surface area contributed by atoms with E-state index in [4.69, 9.17) is 33.3 Å². The van der Waals surface area contributed by atoms with E-state index in [1.54, 1.807) is 23.1 Å². The van der Waals surface area contributed by atoms with Crippen molar-refractivity contribution in [2.24, 2.45) is 22.9 Å². The Kier molecular flexibility index (Phi) is 14.1. The number of rotatable bonds is 21. The summed E-state index contributed by atoms with van der Waals surface area (Å²) in [5.74, 6) is 0.619. The largest absolute Gasteiger partial charge is 0.490 e. The lowest BCUT2D eigenvalue weighted by Gasteiger charge is -2.59. The molecule has 12 heteroatoms. The molecule has 6 rings (SSSR count). The van der Waals surface area contributed by atoms with E-state index in [2.05, 4.69) is 37.0 Å². The fourth-order valence-electron chi connectivity index (χ4n) is 8.85. The van der Waals surface area contributed by atoms with Gasteiger partial charge in [-0.2, -0.15) is 0 Å². The Morgan fingerprint density at radius 1 is 0.964 bits per heavy atom. The van der Waals surface area contributed by atoms with Gasteiger partial charge < -0.3 is 43.5 Å². The van der Waals surface area contributed by atoms with Gasteiger partial charge in [0.05, 0.1) is 24.8 Å². The van der Waals surface area contributed by atoms with Crippen LogP contribution in [0.4, 0.5) is 4.79 Å². The maximum atomic E-state index is 14.5. The molecule has 1 amide bonds. The predicted molar refractivity (Wildman–Crippen MR) is 212 cm³/mol. The van der Waals surface area contributed by atoms with Gasteiger partial charge in [-0.05, 0) is 85.4 Å². The summed E-state index contributed by atoms with van der Waals surface area (Å²) in [6.45, 7) is 12.7. The van der Waals surface area contributed by atoms with Crippen molar-refractivity contribution in [2.75, 3.05) is 46.9 Å². The molecule has 302 valence electrons. The number of hydrogen-bond donors (Lipinski definition) is 2. The Hall–Kier alpha value is -4.78. The second kappa shape index (κ2) is 19.4. The molecule has 6 atom stereocenters. The van der Waals surface area contributed by atoms with Crippen LogP contribution in [0, 0.1) is 17.8 Å². The molecular formula is C44H56N2O10. The van der Waals surface area contributed by atoms with Gasteiger partial charge in [0.15, 0.2) is 11.5 Å². The van der Waals surface area contributed by atoms with Crippen LogP contribution in [-0.2, 0) is 20.9 Å². The molecule has 0 saturated heterocycles. The molecule has 0 aromatic heterocycles. The van der Waals surface area contributed by atoms with Gasteiger partial charge in [-0.25, -0.2) is 4.79 Å². The number of ether oxygens (including phenoxy) is 6. The van der Waals surface area contributed by atoms with E-state index in [-0.39, 0.29) is 63.9 Å². The number of carbonyl (C=O) groups is 1. The molecule has 4 aliphatic rings. The Balaban J connectivity index is 1.57.